The highest BCUT2D eigenvalue weighted by Gasteiger charge is 2.04. The van der Waals surface area contributed by atoms with Crippen LogP contribution in [0.2, 0.25) is 0 Å². The van der Waals surface area contributed by atoms with Crippen LogP contribution in [0.25, 0.3) is 16.8 Å². The summed E-state index contributed by atoms with van der Waals surface area (Å²) in [6.45, 7) is 1.91. The Bertz CT molecular complexity index is 828. The average Bonchev–Trinajstić information content (AvgIpc) is 2.92. The van der Waals surface area contributed by atoms with Gasteiger partial charge in [-0.3, -0.25) is 9.89 Å². The Kier molecular flexibility index (Phi) is 4.01. The van der Waals surface area contributed by atoms with Crippen molar-refractivity contribution in [2.75, 3.05) is 0 Å². The predicted molar refractivity (Wildman–Crippen MR) is 88.2 cm³/mol. The van der Waals surface area contributed by atoms with Crippen molar-refractivity contribution in [3.63, 3.8) is 0 Å². The number of carbonyl (C=O) groups is 1. The van der Waals surface area contributed by atoms with Gasteiger partial charge < -0.3 is 5.32 Å². The van der Waals surface area contributed by atoms with Crippen molar-refractivity contribution in [1.29, 1.82) is 0 Å². The van der Waals surface area contributed by atoms with Crippen LogP contribution < -0.4 is 5.32 Å². The number of aryl methyl sites for hydroxylation is 1. The molecule has 0 saturated heterocycles. The Morgan fingerprint density at radius 3 is 2.86 bits per heavy atom. The third-order valence-corrected chi connectivity index (χ3v) is 3.43. The lowest BCUT2D eigenvalue weighted by Crippen LogP contribution is -2.19. The van der Waals surface area contributed by atoms with Crippen LogP contribution in [0.15, 0.2) is 54.7 Å². The van der Waals surface area contributed by atoms with Gasteiger partial charge in [-0.1, -0.05) is 42.5 Å². The number of benzene rings is 2. The number of H-pyrrole nitrogens is 1. The number of amides is 1. The highest BCUT2D eigenvalue weighted by atomic mass is 16.1. The summed E-state index contributed by atoms with van der Waals surface area (Å²) >= 11 is 0. The van der Waals surface area contributed by atoms with E-state index in [1.807, 2.05) is 43.3 Å². The van der Waals surface area contributed by atoms with E-state index in [0.717, 1.165) is 17.0 Å². The number of carbonyl (C=O) groups excluding carboxylic acids is 1. The van der Waals surface area contributed by atoms with Gasteiger partial charge in [0.05, 0.1) is 12.1 Å². The third kappa shape index (κ3) is 3.23. The number of nitrogens with zero attached hydrogens (tertiary/aromatic N) is 1. The summed E-state index contributed by atoms with van der Waals surface area (Å²) in [6, 6.07) is 16.2. The van der Waals surface area contributed by atoms with Crippen LogP contribution in [0, 0.1) is 6.92 Å². The molecule has 1 amide bonds. The molecule has 0 unspecified atom stereocenters. The summed E-state index contributed by atoms with van der Waals surface area (Å²) < 4.78 is 0. The van der Waals surface area contributed by atoms with E-state index in [4.69, 9.17) is 0 Å². The standard InChI is InChI=1S/C18H17N3O/c1-13-11-16(21-20-13)12-18(22)19-10-9-15-7-4-6-14-5-2-3-8-17(14)15/h2-11H,12H2,1H3,(H,19,22)(H,20,21)/b10-9+. The first-order valence-electron chi connectivity index (χ1n) is 7.17. The van der Waals surface area contributed by atoms with E-state index in [-0.39, 0.29) is 12.3 Å². The Morgan fingerprint density at radius 2 is 2.05 bits per heavy atom. The first-order valence-corrected chi connectivity index (χ1v) is 7.17. The van der Waals surface area contributed by atoms with Gasteiger partial charge in [-0.2, -0.15) is 5.10 Å². The Labute approximate surface area is 128 Å². The van der Waals surface area contributed by atoms with Gasteiger partial charge in [-0.15, -0.1) is 0 Å². The van der Waals surface area contributed by atoms with Crippen LogP contribution in [0.4, 0.5) is 0 Å². The molecule has 4 nitrogen and oxygen atoms in total. The van der Waals surface area contributed by atoms with Crippen LogP contribution in [-0.2, 0) is 11.2 Å². The first-order chi connectivity index (χ1) is 10.7. The molecule has 0 aliphatic rings. The molecule has 4 heteroatoms. The zero-order valence-electron chi connectivity index (χ0n) is 12.3. The van der Waals surface area contributed by atoms with Gasteiger partial charge in [0.1, 0.15) is 0 Å². The summed E-state index contributed by atoms with van der Waals surface area (Å²) in [7, 11) is 0. The molecule has 2 N–H and O–H groups in total. The molecule has 0 bridgehead atoms. The second kappa shape index (κ2) is 6.26. The van der Waals surface area contributed by atoms with E-state index < -0.39 is 0 Å². The van der Waals surface area contributed by atoms with E-state index in [0.29, 0.717) is 0 Å². The third-order valence-electron chi connectivity index (χ3n) is 3.43. The minimum Gasteiger partial charge on any atom is -0.332 e. The molecule has 1 heterocycles. The van der Waals surface area contributed by atoms with Gasteiger partial charge in [-0.05, 0) is 35.4 Å². The molecular weight excluding hydrogens is 274 g/mol. The van der Waals surface area contributed by atoms with E-state index in [2.05, 4.69) is 33.7 Å². The van der Waals surface area contributed by atoms with Gasteiger partial charge in [0, 0.05) is 11.9 Å². The van der Waals surface area contributed by atoms with Gasteiger partial charge >= 0.3 is 0 Å². The fraction of sp³-hybridized carbons (Fsp3) is 0.111. The van der Waals surface area contributed by atoms with Gasteiger partial charge in [-0.25, -0.2) is 0 Å². The minimum atomic E-state index is -0.0806. The number of nitrogens with one attached hydrogen (secondary N) is 2. The molecule has 0 aliphatic carbocycles. The predicted octanol–water partition coefficient (Wildman–Crippen LogP) is 3.20. The van der Waals surface area contributed by atoms with E-state index in [9.17, 15) is 4.79 Å². The molecule has 0 atom stereocenters. The van der Waals surface area contributed by atoms with Gasteiger partial charge in [0.25, 0.3) is 0 Å². The topological polar surface area (TPSA) is 57.8 Å². The number of rotatable bonds is 4. The van der Waals surface area contributed by atoms with E-state index in [1.165, 1.54) is 10.8 Å². The molecule has 2 aromatic carbocycles. The molecule has 3 rings (SSSR count). The number of aromatic nitrogens is 2. The number of hydrogen-bond donors (Lipinski definition) is 2. The van der Waals surface area contributed by atoms with Crippen molar-refractivity contribution < 1.29 is 4.79 Å². The fourth-order valence-corrected chi connectivity index (χ4v) is 2.40. The summed E-state index contributed by atoms with van der Waals surface area (Å²) in [6.07, 6.45) is 3.86. The van der Waals surface area contributed by atoms with Gasteiger partial charge in [0.15, 0.2) is 0 Å². The normalized spacial score (nSPS) is 11.1. The van der Waals surface area contributed by atoms with Crippen molar-refractivity contribution in [2.24, 2.45) is 0 Å². The molecule has 22 heavy (non-hydrogen) atoms. The van der Waals surface area contributed by atoms with Crippen molar-refractivity contribution >= 4 is 22.8 Å². The van der Waals surface area contributed by atoms with Crippen molar-refractivity contribution in [1.82, 2.24) is 15.5 Å². The minimum absolute atomic E-state index is 0.0806. The zero-order valence-corrected chi connectivity index (χ0v) is 12.3. The molecule has 0 radical (unpaired) electrons. The lowest BCUT2D eigenvalue weighted by molar-refractivity contribution is -0.119. The lowest BCUT2D eigenvalue weighted by Gasteiger charge is -2.02. The molecule has 3 aromatic rings. The number of aromatic amines is 1. The average molecular weight is 291 g/mol. The van der Waals surface area contributed by atoms with E-state index in [1.54, 1.807) is 6.20 Å². The smallest absolute Gasteiger partial charge is 0.229 e. The lowest BCUT2D eigenvalue weighted by atomic mass is 10.0. The SMILES string of the molecule is Cc1cc(CC(=O)N/C=C/c2cccc3ccccc23)n[nH]1. The second-order valence-corrected chi connectivity index (χ2v) is 5.19. The highest BCUT2D eigenvalue weighted by Crippen LogP contribution is 2.19. The molecule has 110 valence electrons. The summed E-state index contributed by atoms with van der Waals surface area (Å²) in [4.78, 5) is 11.9. The fourth-order valence-electron chi connectivity index (χ4n) is 2.40. The maximum atomic E-state index is 11.9. The van der Waals surface area contributed by atoms with Crippen LogP contribution in [0.5, 0.6) is 0 Å². The van der Waals surface area contributed by atoms with Gasteiger partial charge in [0.2, 0.25) is 5.91 Å². The monoisotopic (exact) mass is 291 g/mol. The van der Waals surface area contributed by atoms with Crippen LogP contribution >= 0.6 is 0 Å². The Balaban J connectivity index is 1.67. The molecule has 0 saturated carbocycles. The maximum Gasteiger partial charge on any atom is 0.229 e. The molecule has 1 aromatic heterocycles. The van der Waals surface area contributed by atoms with Crippen molar-refractivity contribution in [3.8, 4) is 0 Å². The summed E-state index contributed by atoms with van der Waals surface area (Å²) in [5, 5.41) is 12.0. The summed E-state index contributed by atoms with van der Waals surface area (Å²) in [5.41, 5.74) is 2.77. The number of hydrogen-bond acceptors (Lipinski definition) is 2. The molecular formula is C18H17N3O. The summed E-state index contributed by atoms with van der Waals surface area (Å²) in [5.74, 6) is -0.0806. The Morgan fingerprint density at radius 1 is 1.23 bits per heavy atom. The van der Waals surface area contributed by atoms with Crippen LogP contribution in [-0.4, -0.2) is 16.1 Å². The van der Waals surface area contributed by atoms with E-state index >= 15 is 0 Å². The first kappa shape index (κ1) is 14.1. The molecule has 0 spiro atoms. The van der Waals surface area contributed by atoms with Crippen molar-refractivity contribution in [3.05, 3.63) is 71.7 Å². The molecule has 0 aliphatic heterocycles. The van der Waals surface area contributed by atoms with Crippen LogP contribution in [0.1, 0.15) is 17.0 Å². The second-order valence-electron chi connectivity index (χ2n) is 5.19. The van der Waals surface area contributed by atoms with Crippen molar-refractivity contribution in [2.45, 2.75) is 13.3 Å². The molecule has 0 fully saturated rings. The largest absolute Gasteiger partial charge is 0.332 e. The Hall–Kier alpha value is -2.88. The highest BCUT2D eigenvalue weighted by molar-refractivity contribution is 5.90. The quantitative estimate of drug-likeness (QED) is 0.775. The zero-order chi connectivity index (χ0) is 15.4. The van der Waals surface area contributed by atoms with Crippen LogP contribution in [0.3, 0.4) is 0 Å². The number of fused-ring (bicyclic) bond motifs is 1. The maximum absolute atomic E-state index is 11.9.